The van der Waals surface area contributed by atoms with Crippen LogP contribution in [0, 0.1) is 13.8 Å². The summed E-state index contributed by atoms with van der Waals surface area (Å²) in [5, 5.41) is 5.91. The molecule has 1 aromatic carbocycles. The summed E-state index contributed by atoms with van der Waals surface area (Å²) in [5.41, 5.74) is 1.49. The summed E-state index contributed by atoms with van der Waals surface area (Å²) >= 11 is 1.28. The number of benzene rings is 1. The number of alkyl halides is 2. The maximum atomic E-state index is 13.1. The van der Waals surface area contributed by atoms with E-state index in [-0.39, 0.29) is 24.7 Å². The van der Waals surface area contributed by atoms with Crippen molar-refractivity contribution < 1.29 is 32.6 Å². The third-order valence-electron chi connectivity index (χ3n) is 3.97. The third kappa shape index (κ3) is 4.16. The first kappa shape index (κ1) is 19.9. The van der Waals surface area contributed by atoms with Crippen molar-refractivity contribution in [3.8, 4) is 11.5 Å². The summed E-state index contributed by atoms with van der Waals surface area (Å²) in [6, 6.07) is 4.12. The Kier molecular flexibility index (Phi) is 5.41. The Morgan fingerprint density at radius 2 is 1.93 bits per heavy atom. The van der Waals surface area contributed by atoms with Gasteiger partial charge in [0.25, 0.3) is 0 Å². The average molecular weight is 412 g/mol. The second-order valence-corrected chi connectivity index (χ2v) is 7.16. The smallest absolute Gasteiger partial charge is 0.462 e. The number of anilines is 2. The zero-order chi connectivity index (χ0) is 20.5. The van der Waals surface area contributed by atoms with Gasteiger partial charge in [-0.25, -0.2) is 4.79 Å². The molecule has 1 aromatic heterocycles. The molecular formula is C18H18F2N2O5S. The van der Waals surface area contributed by atoms with Gasteiger partial charge in [-0.15, -0.1) is 20.1 Å². The van der Waals surface area contributed by atoms with E-state index in [1.54, 1.807) is 13.8 Å². The molecule has 0 fully saturated rings. The first-order chi connectivity index (χ1) is 13.2. The molecule has 0 aliphatic carbocycles. The Bertz CT molecular complexity index is 929. The van der Waals surface area contributed by atoms with Crippen molar-refractivity contribution in [2.75, 3.05) is 23.8 Å². The summed E-state index contributed by atoms with van der Waals surface area (Å²) in [5.74, 6) is -1.10. The van der Waals surface area contributed by atoms with Crippen LogP contribution in [0.2, 0.25) is 0 Å². The van der Waals surface area contributed by atoms with Crippen molar-refractivity contribution in [2.24, 2.45) is 0 Å². The summed E-state index contributed by atoms with van der Waals surface area (Å²) < 4.78 is 39.8. The maximum Gasteiger partial charge on any atom is 0.586 e. The van der Waals surface area contributed by atoms with Crippen molar-refractivity contribution in [3.05, 3.63) is 34.2 Å². The second-order valence-electron chi connectivity index (χ2n) is 5.94. The molecule has 0 unspecified atom stereocenters. The number of fused-ring (bicyclic) bond motifs is 1. The van der Waals surface area contributed by atoms with E-state index in [0.29, 0.717) is 16.3 Å². The van der Waals surface area contributed by atoms with E-state index in [0.717, 1.165) is 10.4 Å². The summed E-state index contributed by atoms with van der Waals surface area (Å²) in [4.78, 5) is 25.3. The summed E-state index contributed by atoms with van der Waals surface area (Å²) in [6.45, 7) is 5.42. The van der Waals surface area contributed by atoms with Gasteiger partial charge in [0.2, 0.25) is 5.91 Å². The number of carbonyl (C=O) groups is 2. The van der Waals surface area contributed by atoms with Crippen molar-refractivity contribution in [1.82, 2.24) is 0 Å². The minimum Gasteiger partial charge on any atom is -0.462 e. The molecule has 150 valence electrons. The molecule has 1 aliphatic rings. The molecule has 3 rings (SSSR count). The number of rotatable bonds is 6. The van der Waals surface area contributed by atoms with Gasteiger partial charge in [0.1, 0.15) is 5.00 Å². The SMILES string of the molecule is CCOC(=O)c1c(NC(=O)CNc2ccc3c(c2)OC(F)(F)O3)sc(C)c1C. The molecule has 2 aromatic rings. The molecular weight excluding hydrogens is 394 g/mol. The average Bonchev–Trinajstić information content (AvgIpc) is 3.07. The van der Waals surface area contributed by atoms with Crippen LogP contribution in [0.5, 0.6) is 11.5 Å². The Morgan fingerprint density at radius 1 is 1.21 bits per heavy atom. The van der Waals surface area contributed by atoms with E-state index >= 15 is 0 Å². The van der Waals surface area contributed by atoms with Gasteiger partial charge in [-0.05, 0) is 38.5 Å². The lowest BCUT2D eigenvalue weighted by Gasteiger charge is -2.09. The molecule has 0 radical (unpaired) electrons. The highest BCUT2D eigenvalue weighted by atomic mass is 32.1. The van der Waals surface area contributed by atoms with E-state index < -0.39 is 18.2 Å². The number of thiophene rings is 1. The van der Waals surface area contributed by atoms with Crippen molar-refractivity contribution >= 4 is 33.9 Å². The number of carbonyl (C=O) groups excluding carboxylic acids is 2. The molecule has 10 heteroatoms. The highest BCUT2D eigenvalue weighted by Gasteiger charge is 2.43. The number of hydrogen-bond donors (Lipinski definition) is 2. The van der Waals surface area contributed by atoms with Crippen molar-refractivity contribution in [3.63, 3.8) is 0 Å². The van der Waals surface area contributed by atoms with Crippen LogP contribution in [-0.2, 0) is 9.53 Å². The standard InChI is InChI=1S/C18H18F2N2O5S/c1-4-25-17(24)15-9(2)10(3)28-16(15)22-14(23)8-21-11-5-6-12-13(7-11)27-18(19,20)26-12/h5-7,21H,4,8H2,1-3H3,(H,22,23). The zero-order valence-corrected chi connectivity index (χ0v) is 16.2. The van der Waals surface area contributed by atoms with Crippen LogP contribution in [0.15, 0.2) is 18.2 Å². The van der Waals surface area contributed by atoms with Gasteiger partial charge in [-0.3, -0.25) is 4.79 Å². The van der Waals surface area contributed by atoms with Gasteiger partial charge >= 0.3 is 12.3 Å². The summed E-state index contributed by atoms with van der Waals surface area (Å²) in [7, 11) is 0. The van der Waals surface area contributed by atoms with E-state index in [1.165, 1.54) is 29.5 Å². The number of nitrogens with one attached hydrogen (secondary N) is 2. The fraction of sp³-hybridized carbons (Fsp3) is 0.333. The van der Waals surface area contributed by atoms with Crippen LogP contribution in [0.3, 0.4) is 0 Å². The van der Waals surface area contributed by atoms with Gasteiger partial charge in [-0.1, -0.05) is 0 Å². The fourth-order valence-electron chi connectivity index (χ4n) is 2.58. The number of aryl methyl sites for hydroxylation is 1. The Hall–Kier alpha value is -2.88. The molecule has 0 spiro atoms. The minimum atomic E-state index is -3.70. The van der Waals surface area contributed by atoms with E-state index in [1.807, 2.05) is 6.92 Å². The first-order valence-corrected chi connectivity index (χ1v) is 9.22. The predicted octanol–water partition coefficient (Wildman–Crippen LogP) is 3.91. The van der Waals surface area contributed by atoms with Gasteiger partial charge in [0, 0.05) is 16.6 Å². The van der Waals surface area contributed by atoms with Crippen LogP contribution in [0.1, 0.15) is 27.7 Å². The number of ether oxygens (including phenoxy) is 3. The Balaban J connectivity index is 1.65. The van der Waals surface area contributed by atoms with Gasteiger partial charge in [0.15, 0.2) is 11.5 Å². The van der Waals surface area contributed by atoms with Crippen molar-refractivity contribution in [1.29, 1.82) is 0 Å². The summed E-state index contributed by atoms with van der Waals surface area (Å²) in [6.07, 6.45) is -3.70. The molecule has 7 nitrogen and oxygen atoms in total. The lowest BCUT2D eigenvalue weighted by Crippen LogP contribution is -2.25. The lowest BCUT2D eigenvalue weighted by molar-refractivity contribution is -0.286. The Labute approximate surface area is 163 Å². The maximum absolute atomic E-state index is 13.1. The van der Waals surface area contributed by atoms with Crippen LogP contribution < -0.4 is 20.1 Å². The number of hydrogen-bond acceptors (Lipinski definition) is 7. The minimum absolute atomic E-state index is 0.0800. The molecule has 2 heterocycles. The van der Waals surface area contributed by atoms with Gasteiger partial charge in [-0.2, -0.15) is 0 Å². The van der Waals surface area contributed by atoms with E-state index in [4.69, 9.17) is 4.74 Å². The molecule has 0 bridgehead atoms. The normalized spacial score (nSPS) is 13.9. The topological polar surface area (TPSA) is 85.9 Å². The molecule has 1 amide bonds. The first-order valence-electron chi connectivity index (χ1n) is 8.41. The van der Waals surface area contributed by atoms with Crippen LogP contribution in [-0.4, -0.2) is 31.3 Å². The van der Waals surface area contributed by atoms with E-state index in [2.05, 4.69) is 20.1 Å². The number of esters is 1. The molecule has 0 atom stereocenters. The molecule has 2 N–H and O–H groups in total. The lowest BCUT2D eigenvalue weighted by atomic mass is 10.1. The monoisotopic (exact) mass is 412 g/mol. The van der Waals surface area contributed by atoms with Crippen LogP contribution >= 0.6 is 11.3 Å². The number of halogens is 2. The largest absolute Gasteiger partial charge is 0.586 e. The van der Waals surface area contributed by atoms with Crippen molar-refractivity contribution in [2.45, 2.75) is 27.1 Å². The molecule has 1 aliphatic heterocycles. The number of amides is 1. The Morgan fingerprint density at radius 3 is 2.64 bits per heavy atom. The van der Waals surface area contributed by atoms with Crippen LogP contribution in [0.4, 0.5) is 19.5 Å². The fourth-order valence-corrected chi connectivity index (χ4v) is 3.64. The van der Waals surface area contributed by atoms with E-state index in [9.17, 15) is 18.4 Å². The molecule has 28 heavy (non-hydrogen) atoms. The van der Waals surface area contributed by atoms with Crippen LogP contribution in [0.25, 0.3) is 0 Å². The van der Waals surface area contributed by atoms with Gasteiger partial charge < -0.3 is 24.8 Å². The predicted molar refractivity (Wildman–Crippen MR) is 99.5 cm³/mol. The second kappa shape index (κ2) is 7.63. The highest BCUT2D eigenvalue weighted by Crippen LogP contribution is 2.42. The third-order valence-corrected chi connectivity index (χ3v) is 5.09. The highest BCUT2D eigenvalue weighted by molar-refractivity contribution is 7.16. The molecule has 0 saturated heterocycles. The van der Waals surface area contributed by atoms with Gasteiger partial charge in [0.05, 0.1) is 18.7 Å². The quantitative estimate of drug-likeness (QED) is 0.700. The molecule has 0 saturated carbocycles. The zero-order valence-electron chi connectivity index (χ0n) is 15.4.